The van der Waals surface area contributed by atoms with Crippen LogP contribution in [-0.2, 0) is 10.3 Å². The van der Waals surface area contributed by atoms with Gasteiger partial charge in [0.1, 0.15) is 5.60 Å². The lowest BCUT2D eigenvalue weighted by Gasteiger charge is -2.30. The maximum atomic E-state index is 5.84. The molecule has 2 aliphatic heterocycles. The molecule has 0 saturated carbocycles. The molecule has 0 spiro atoms. The molecular weight excluding hydrogens is 272 g/mol. The number of ether oxygens (including phenoxy) is 1. The van der Waals surface area contributed by atoms with E-state index < -0.39 is 5.60 Å². The van der Waals surface area contributed by atoms with Gasteiger partial charge in [-0.15, -0.1) is 5.10 Å². The van der Waals surface area contributed by atoms with E-state index in [2.05, 4.69) is 25.8 Å². The van der Waals surface area contributed by atoms with Crippen molar-refractivity contribution in [2.45, 2.75) is 37.8 Å². The van der Waals surface area contributed by atoms with Gasteiger partial charge in [0.2, 0.25) is 5.82 Å². The van der Waals surface area contributed by atoms with Crippen LogP contribution >= 0.6 is 0 Å². The van der Waals surface area contributed by atoms with E-state index in [1.165, 1.54) is 0 Å². The average Bonchev–Trinajstić information content (AvgIpc) is 3.06. The van der Waals surface area contributed by atoms with E-state index in [4.69, 9.17) is 9.26 Å². The van der Waals surface area contributed by atoms with Crippen LogP contribution in [0.4, 0.5) is 0 Å². The van der Waals surface area contributed by atoms with E-state index in [0.29, 0.717) is 23.5 Å². The van der Waals surface area contributed by atoms with E-state index in [1.807, 2.05) is 17.8 Å². The van der Waals surface area contributed by atoms with E-state index >= 15 is 0 Å². The molecule has 112 valence electrons. The standard InChI is InChI=1S/C13H18N6O2/c1-13(4-2-3-5-20-13)12-15-11(21-17-12)10-8-19(18-16-10)9-6-14-7-9/h8-9,14H,2-7H2,1H3. The van der Waals surface area contributed by atoms with Crippen LogP contribution in [0, 0.1) is 0 Å². The third-order valence-corrected chi connectivity index (χ3v) is 4.23. The highest BCUT2D eigenvalue weighted by Gasteiger charge is 2.35. The summed E-state index contributed by atoms with van der Waals surface area (Å²) >= 11 is 0. The van der Waals surface area contributed by atoms with Crippen LogP contribution in [-0.4, -0.2) is 44.8 Å². The second-order valence-corrected chi connectivity index (χ2v) is 5.86. The molecule has 1 atom stereocenters. The molecule has 8 nitrogen and oxygen atoms in total. The molecule has 0 aliphatic carbocycles. The first-order valence-corrected chi connectivity index (χ1v) is 7.36. The maximum absolute atomic E-state index is 5.84. The fourth-order valence-corrected chi connectivity index (χ4v) is 2.67. The summed E-state index contributed by atoms with van der Waals surface area (Å²) in [6.45, 7) is 4.59. The Hall–Kier alpha value is -1.80. The van der Waals surface area contributed by atoms with Gasteiger partial charge in [-0.3, -0.25) is 0 Å². The predicted octanol–water partition coefficient (Wildman–Crippen LogP) is 0.888. The monoisotopic (exact) mass is 290 g/mol. The minimum absolute atomic E-state index is 0.368. The van der Waals surface area contributed by atoms with Crippen LogP contribution in [0.15, 0.2) is 10.7 Å². The number of hydrogen-bond donors (Lipinski definition) is 1. The number of nitrogens with zero attached hydrogens (tertiary/aromatic N) is 5. The minimum atomic E-state index is -0.451. The van der Waals surface area contributed by atoms with Crippen LogP contribution in [0.25, 0.3) is 11.6 Å². The number of nitrogens with one attached hydrogen (secondary N) is 1. The molecule has 8 heteroatoms. The van der Waals surface area contributed by atoms with Crippen molar-refractivity contribution in [2.24, 2.45) is 0 Å². The van der Waals surface area contributed by atoms with Gasteiger partial charge in [0.25, 0.3) is 5.89 Å². The molecule has 4 heterocycles. The summed E-state index contributed by atoms with van der Waals surface area (Å²) < 4.78 is 13.0. The summed E-state index contributed by atoms with van der Waals surface area (Å²) in [5.41, 5.74) is 0.161. The highest BCUT2D eigenvalue weighted by atomic mass is 16.5. The molecule has 21 heavy (non-hydrogen) atoms. The quantitative estimate of drug-likeness (QED) is 0.897. The largest absolute Gasteiger partial charge is 0.367 e. The average molecular weight is 290 g/mol. The highest BCUT2D eigenvalue weighted by Crippen LogP contribution is 2.33. The zero-order valence-electron chi connectivity index (χ0n) is 11.9. The van der Waals surface area contributed by atoms with Crippen molar-refractivity contribution in [1.82, 2.24) is 30.5 Å². The highest BCUT2D eigenvalue weighted by molar-refractivity contribution is 5.43. The molecule has 0 bridgehead atoms. The van der Waals surface area contributed by atoms with Crippen LogP contribution < -0.4 is 5.32 Å². The van der Waals surface area contributed by atoms with Gasteiger partial charge in [0, 0.05) is 19.7 Å². The van der Waals surface area contributed by atoms with Crippen molar-refractivity contribution in [3.63, 3.8) is 0 Å². The Morgan fingerprint density at radius 2 is 2.29 bits per heavy atom. The second-order valence-electron chi connectivity index (χ2n) is 5.86. The topological polar surface area (TPSA) is 90.9 Å². The zero-order valence-corrected chi connectivity index (χ0v) is 11.9. The molecule has 2 aromatic rings. The Labute approximate surface area is 121 Å². The molecule has 1 unspecified atom stereocenters. The SMILES string of the molecule is CC1(c2noc(-c3cn(C4CNC4)nn3)n2)CCCCO1. The molecule has 0 amide bonds. The van der Waals surface area contributed by atoms with Crippen molar-refractivity contribution >= 4 is 0 Å². The summed E-state index contributed by atoms with van der Waals surface area (Å²) in [6, 6.07) is 0.368. The molecule has 4 rings (SSSR count). The van der Waals surface area contributed by atoms with Gasteiger partial charge < -0.3 is 14.6 Å². The predicted molar refractivity (Wildman–Crippen MR) is 72.4 cm³/mol. The summed E-state index contributed by atoms with van der Waals surface area (Å²) in [5, 5.41) is 15.5. The molecule has 2 saturated heterocycles. The third kappa shape index (κ3) is 2.24. The molecule has 0 radical (unpaired) electrons. The number of aromatic nitrogens is 5. The second kappa shape index (κ2) is 4.88. The zero-order chi connectivity index (χ0) is 14.3. The van der Waals surface area contributed by atoms with Gasteiger partial charge in [-0.2, -0.15) is 4.98 Å². The molecule has 2 aromatic heterocycles. The van der Waals surface area contributed by atoms with Crippen LogP contribution in [0.2, 0.25) is 0 Å². The summed E-state index contributed by atoms with van der Waals surface area (Å²) in [6.07, 6.45) is 4.97. The fraction of sp³-hybridized carbons (Fsp3) is 0.692. The van der Waals surface area contributed by atoms with Gasteiger partial charge in [0.15, 0.2) is 5.69 Å². The van der Waals surface area contributed by atoms with Crippen LogP contribution in [0.1, 0.15) is 38.1 Å². The lowest BCUT2D eigenvalue weighted by atomic mass is 9.95. The third-order valence-electron chi connectivity index (χ3n) is 4.23. The smallest absolute Gasteiger partial charge is 0.280 e. The Morgan fingerprint density at radius 1 is 1.38 bits per heavy atom. The number of hydrogen-bond acceptors (Lipinski definition) is 7. The minimum Gasteiger partial charge on any atom is -0.367 e. The first-order valence-electron chi connectivity index (χ1n) is 7.36. The van der Waals surface area contributed by atoms with E-state index in [-0.39, 0.29) is 0 Å². The summed E-state index contributed by atoms with van der Waals surface area (Å²) in [7, 11) is 0. The van der Waals surface area contributed by atoms with E-state index in [0.717, 1.165) is 39.0 Å². The number of rotatable bonds is 3. The van der Waals surface area contributed by atoms with Crippen molar-refractivity contribution in [3.05, 3.63) is 12.0 Å². The lowest BCUT2D eigenvalue weighted by molar-refractivity contribution is -0.0770. The van der Waals surface area contributed by atoms with Crippen LogP contribution in [0.5, 0.6) is 0 Å². The van der Waals surface area contributed by atoms with Crippen molar-refractivity contribution in [1.29, 1.82) is 0 Å². The molecule has 2 fully saturated rings. The van der Waals surface area contributed by atoms with E-state index in [1.54, 1.807) is 0 Å². The summed E-state index contributed by atoms with van der Waals surface area (Å²) in [5.74, 6) is 0.996. The van der Waals surface area contributed by atoms with E-state index in [9.17, 15) is 0 Å². The van der Waals surface area contributed by atoms with Gasteiger partial charge >= 0.3 is 0 Å². The summed E-state index contributed by atoms with van der Waals surface area (Å²) in [4.78, 5) is 4.46. The first kappa shape index (κ1) is 12.9. The Balaban J connectivity index is 1.57. The van der Waals surface area contributed by atoms with Gasteiger partial charge in [-0.05, 0) is 26.2 Å². The van der Waals surface area contributed by atoms with Gasteiger partial charge in [-0.1, -0.05) is 10.4 Å². The van der Waals surface area contributed by atoms with Crippen LogP contribution in [0.3, 0.4) is 0 Å². The first-order chi connectivity index (χ1) is 10.2. The lowest BCUT2D eigenvalue weighted by Crippen LogP contribution is -2.43. The normalized spacial score (nSPS) is 26.7. The molecule has 2 aliphatic rings. The van der Waals surface area contributed by atoms with Crippen molar-refractivity contribution < 1.29 is 9.26 Å². The maximum Gasteiger partial charge on any atom is 0.280 e. The molecule has 1 N–H and O–H groups in total. The Kier molecular flexibility index (Phi) is 3.00. The Bertz CT molecular complexity index is 626. The fourth-order valence-electron chi connectivity index (χ4n) is 2.67. The van der Waals surface area contributed by atoms with Crippen molar-refractivity contribution in [3.8, 4) is 11.6 Å². The molecule has 0 aromatic carbocycles. The van der Waals surface area contributed by atoms with Gasteiger partial charge in [0.05, 0.1) is 12.2 Å². The van der Waals surface area contributed by atoms with Crippen molar-refractivity contribution in [2.75, 3.05) is 19.7 Å². The molecular formula is C13H18N6O2. The Morgan fingerprint density at radius 3 is 3.00 bits per heavy atom. The van der Waals surface area contributed by atoms with Gasteiger partial charge in [-0.25, -0.2) is 4.68 Å².